The third-order valence-corrected chi connectivity index (χ3v) is 6.77. The van der Waals surface area contributed by atoms with Crippen LogP contribution in [-0.4, -0.2) is 36.8 Å². The lowest BCUT2D eigenvalue weighted by Gasteiger charge is -2.57. The molecule has 26 heavy (non-hydrogen) atoms. The van der Waals surface area contributed by atoms with Crippen LogP contribution < -0.4 is 4.74 Å². The molecule has 0 saturated heterocycles. The van der Waals surface area contributed by atoms with Crippen molar-refractivity contribution in [2.45, 2.75) is 45.4 Å². The van der Waals surface area contributed by atoms with Crippen molar-refractivity contribution in [3.63, 3.8) is 0 Å². The van der Waals surface area contributed by atoms with Gasteiger partial charge < -0.3 is 9.64 Å². The van der Waals surface area contributed by atoms with Crippen LogP contribution in [0.4, 0.5) is 0 Å². The van der Waals surface area contributed by atoms with Crippen molar-refractivity contribution in [3.8, 4) is 5.75 Å². The van der Waals surface area contributed by atoms with Crippen LogP contribution in [-0.2, 0) is 4.79 Å². The average molecular weight is 355 g/mol. The van der Waals surface area contributed by atoms with E-state index in [0.717, 1.165) is 24.3 Å². The predicted octanol–water partition coefficient (Wildman–Crippen LogP) is 3.94. The summed E-state index contributed by atoms with van der Waals surface area (Å²) in [5.41, 5.74) is 0.963. The third kappa shape index (κ3) is 3.51. The number of Topliss-reactive ketones (excluding diaryl/α,β-unsaturated/α-hetero) is 1. The van der Waals surface area contributed by atoms with E-state index >= 15 is 0 Å². The molecule has 4 saturated carbocycles. The van der Waals surface area contributed by atoms with Gasteiger partial charge in [-0.2, -0.15) is 0 Å². The molecule has 0 radical (unpaired) electrons. The molecule has 5 rings (SSSR count). The number of nitrogens with zero attached hydrogens (tertiary/aromatic N) is 1. The number of carbonyl (C=O) groups is 2. The standard InChI is InChI=1S/C22H29NO3/c1-15(24)19-4-3-5-20(9-19)26-13-21(25)23(2)14-22-10-16-6-17(11-22)8-18(7-16)12-22/h3-5,9,16-18H,6-8,10-14H2,1-2H3. The molecule has 1 amide bonds. The Hall–Kier alpha value is -1.84. The summed E-state index contributed by atoms with van der Waals surface area (Å²) < 4.78 is 5.66. The number of carbonyl (C=O) groups excluding carboxylic acids is 2. The molecule has 4 bridgehead atoms. The highest BCUT2D eigenvalue weighted by Gasteiger charge is 2.51. The zero-order chi connectivity index (χ0) is 18.3. The van der Waals surface area contributed by atoms with Crippen LogP contribution in [0.5, 0.6) is 5.75 Å². The third-order valence-electron chi connectivity index (χ3n) is 6.77. The Bertz CT molecular complexity index is 676. The fourth-order valence-corrected chi connectivity index (χ4v) is 6.14. The van der Waals surface area contributed by atoms with Crippen LogP contribution in [0.15, 0.2) is 24.3 Å². The zero-order valence-corrected chi connectivity index (χ0v) is 15.9. The molecule has 0 N–H and O–H groups in total. The second-order valence-electron chi connectivity index (χ2n) is 9.04. The van der Waals surface area contributed by atoms with Gasteiger partial charge in [0.2, 0.25) is 0 Å². The Labute approximate surface area is 155 Å². The quantitative estimate of drug-likeness (QED) is 0.726. The summed E-state index contributed by atoms with van der Waals surface area (Å²) in [6.07, 6.45) is 8.18. The van der Waals surface area contributed by atoms with E-state index in [2.05, 4.69) is 0 Å². The first-order valence-corrected chi connectivity index (χ1v) is 9.90. The molecule has 0 heterocycles. The normalized spacial score (nSPS) is 31.7. The van der Waals surface area contributed by atoms with E-state index in [4.69, 9.17) is 4.74 Å². The minimum Gasteiger partial charge on any atom is -0.484 e. The van der Waals surface area contributed by atoms with Crippen LogP contribution in [0.2, 0.25) is 0 Å². The van der Waals surface area contributed by atoms with Crippen molar-refractivity contribution >= 4 is 11.7 Å². The highest BCUT2D eigenvalue weighted by molar-refractivity contribution is 5.94. The van der Waals surface area contributed by atoms with Crippen LogP contribution in [0.1, 0.15) is 55.8 Å². The molecule has 140 valence electrons. The molecule has 0 aliphatic heterocycles. The SMILES string of the molecule is CC(=O)c1cccc(OCC(=O)N(C)CC23CC4CC(CC(C4)C2)C3)c1. The fraction of sp³-hybridized carbons (Fsp3) is 0.636. The summed E-state index contributed by atoms with van der Waals surface area (Å²) >= 11 is 0. The van der Waals surface area contributed by atoms with Gasteiger partial charge in [-0.05, 0) is 80.8 Å². The van der Waals surface area contributed by atoms with Gasteiger partial charge in [-0.1, -0.05) is 12.1 Å². The summed E-state index contributed by atoms with van der Waals surface area (Å²) in [6, 6.07) is 7.04. The van der Waals surface area contributed by atoms with Crippen molar-refractivity contribution in [2.24, 2.45) is 23.2 Å². The van der Waals surface area contributed by atoms with Crippen molar-refractivity contribution in [1.82, 2.24) is 4.90 Å². The Balaban J connectivity index is 1.34. The van der Waals surface area contributed by atoms with E-state index in [0.29, 0.717) is 16.7 Å². The molecular formula is C22H29NO3. The zero-order valence-electron chi connectivity index (χ0n) is 15.9. The summed E-state index contributed by atoms with van der Waals surface area (Å²) in [7, 11) is 1.91. The number of ketones is 1. The van der Waals surface area contributed by atoms with E-state index in [1.54, 1.807) is 24.3 Å². The molecule has 4 nitrogen and oxygen atoms in total. The first-order chi connectivity index (χ1) is 12.4. The molecule has 0 aromatic heterocycles. The van der Waals surface area contributed by atoms with Crippen LogP contribution >= 0.6 is 0 Å². The molecule has 4 heteroatoms. The summed E-state index contributed by atoms with van der Waals surface area (Å²) in [5.74, 6) is 3.30. The van der Waals surface area contributed by atoms with Gasteiger partial charge in [-0.25, -0.2) is 0 Å². The van der Waals surface area contributed by atoms with Gasteiger partial charge in [0.15, 0.2) is 12.4 Å². The molecule has 1 aromatic carbocycles. The molecule has 4 aliphatic rings. The first-order valence-electron chi connectivity index (χ1n) is 9.90. The smallest absolute Gasteiger partial charge is 0.260 e. The van der Waals surface area contributed by atoms with Gasteiger partial charge in [-0.15, -0.1) is 0 Å². The van der Waals surface area contributed by atoms with Crippen molar-refractivity contribution < 1.29 is 14.3 Å². The molecule has 0 unspecified atom stereocenters. The van der Waals surface area contributed by atoms with E-state index in [9.17, 15) is 9.59 Å². The average Bonchev–Trinajstić information content (AvgIpc) is 2.58. The predicted molar refractivity (Wildman–Crippen MR) is 100 cm³/mol. The fourth-order valence-electron chi connectivity index (χ4n) is 6.14. The lowest BCUT2D eigenvalue weighted by atomic mass is 9.49. The maximum Gasteiger partial charge on any atom is 0.260 e. The summed E-state index contributed by atoms with van der Waals surface area (Å²) in [5, 5.41) is 0. The Morgan fingerprint density at radius 1 is 1.12 bits per heavy atom. The minimum absolute atomic E-state index is 0.000658. The monoisotopic (exact) mass is 355 g/mol. The summed E-state index contributed by atoms with van der Waals surface area (Å²) in [6.45, 7) is 2.43. The number of ether oxygens (including phenoxy) is 1. The number of likely N-dealkylation sites (N-methyl/N-ethyl adjacent to an activating group) is 1. The van der Waals surface area contributed by atoms with Crippen molar-refractivity contribution in [1.29, 1.82) is 0 Å². The Morgan fingerprint density at radius 2 is 1.73 bits per heavy atom. The maximum absolute atomic E-state index is 12.6. The lowest BCUT2D eigenvalue weighted by Crippen LogP contribution is -2.51. The van der Waals surface area contributed by atoms with Gasteiger partial charge in [-0.3, -0.25) is 9.59 Å². The number of amides is 1. The molecule has 4 fully saturated rings. The van der Waals surface area contributed by atoms with Crippen LogP contribution in [0, 0.1) is 23.2 Å². The van der Waals surface area contributed by atoms with E-state index in [-0.39, 0.29) is 18.3 Å². The topological polar surface area (TPSA) is 46.6 Å². The lowest BCUT2D eigenvalue weighted by molar-refractivity contribution is -0.137. The van der Waals surface area contributed by atoms with Crippen molar-refractivity contribution in [2.75, 3.05) is 20.2 Å². The minimum atomic E-state index is 0.000658. The highest BCUT2D eigenvalue weighted by Crippen LogP contribution is 2.60. The second-order valence-corrected chi connectivity index (χ2v) is 9.04. The van der Waals surface area contributed by atoms with E-state index < -0.39 is 0 Å². The molecule has 0 spiro atoms. The van der Waals surface area contributed by atoms with Gasteiger partial charge in [0.25, 0.3) is 5.91 Å². The molecule has 0 atom stereocenters. The van der Waals surface area contributed by atoms with E-state index in [1.165, 1.54) is 45.4 Å². The summed E-state index contributed by atoms with van der Waals surface area (Å²) in [4.78, 5) is 25.9. The maximum atomic E-state index is 12.6. The van der Waals surface area contributed by atoms with Crippen LogP contribution in [0.3, 0.4) is 0 Å². The van der Waals surface area contributed by atoms with Crippen LogP contribution in [0.25, 0.3) is 0 Å². The highest BCUT2D eigenvalue weighted by atomic mass is 16.5. The second kappa shape index (κ2) is 6.71. The molecule has 4 aliphatic carbocycles. The number of rotatable bonds is 6. The Morgan fingerprint density at radius 3 is 2.31 bits per heavy atom. The number of hydrogen-bond donors (Lipinski definition) is 0. The number of benzene rings is 1. The van der Waals surface area contributed by atoms with Crippen molar-refractivity contribution in [3.05, 3.63) is 29.8 Å². The Kier molecular flexibility index (Phi) is 4.54. The van der Waals surface area contributed by atoms with Gasteiger partial charge >= 0.3 is 0 Å². The molecule has 1 aromatic rings. The first kappa shape index (κ1) is 17.6. The van der Waals surface area contributed by atoms with Gasteiger partial charge in [0.05, 0.1) is 0 Å². The van der Waals surface area contributed by atoms with Gasteiger partial charge in [0.1, 0.15) is 5.75 Å². The number of hydrogen-bond acceptors (Lipinski definition) is 3. The van der Waals surface area contributed by atoms with E-state index in [1.807, 2.05) is 11.9 Å². The largest absolute Gasteiger partial charge is 0.484 e. The molecular weight excluding hydrogens is 326 g/mol. The van der Waals surface area contributed by atoms with Gasteiger partial charge in [0, 0.05) is 19.2 Å².